The monoisotopic (exact) mass is 374 g/mol. The van der Waals surface area contributed by atoms with Gasteiger partial charge in [0, 0.05) is 6.07 Å². The molecule has 0 aliphatic heterocycles. The van der Waals surface area contributed by atoms with Gasteiger partial charge in [0.05, 0.1) is 26.2 Å². The number of aromatic amines is 1. The van der Waals surface area contributed by atoms with Crippen molar-refractivity contribution in [3.63, 3.8) is 0 Å². The molecule has 1 N–H and O–H groups in total. The second-order valence-corrected chi connectivity index (χ2v) is 5.80. The first kappa shape index (κ1) is 13.7. The van der Waals surface area contributed by atoms with Crippen molar-refractivity contribution in [3.8, 4) is 5.69 Å². The Balaban J connectivity index is 2.35. The van der Waals surface area contributed by atoms with Crippen LogP contribution in [0, 0.1) is 16.4 Å². The summed E-state index contributed by atoms with van der Waals surface area (Å²) < 4.78 is 29.5. The lowest BCUT2D eigenvalue weighted by Crippen LogP contribution is -1.95. The number of fused-ring (bicyclic) bond motifs is 1. The molecule has 102 valence electrons. The first-order chi connectivity index (χ1) is 9.47. The minimum absolute atomic E-state index is 0.00267. The summed E-state index contributed by atoms with van der Waals surface area (Å²) in [5.41, 5.74) is 1.59. The molecule has 3 aromatic rings. The van der Waals surface area contributed by atoms with Crippen LogP contribution in [-0.2, 0) is 0 Å². The van der Waals surface area contributed by atoms with Gasteiger partial charge in [-0.1, -0.05) is 11.6 Å². The average molecular weight is 376 g/mol. The molecule has 0 aliphatic rings. The highest BCUT2D eigenvalue weighted by molar-refractivity contribution is 9.10. The van der Waals surface area contributed by atoms with E-state index in [9.17, 15) is 8.78 Å². The molecule has 1 heterocycles. The first-order valence-electron chi connectivity index (χ1n) is 5.52. The van der Waals surface area contributed by atoms with E-state index in [1.165, 1.54) is 18.2 Å². The van der Waals surface area contributed by atoms with Gasteiger partial charge in [-0.2, -0.15) is 0 Å². The maximum Gasteiger partial charge on any atom is 0.182 e. The summed E-state index contributed by atoms with van der Waals surface area (Å²) >= 11 is 14.0. The third kappa shape index (κ3) is 2.17. The molecule has 0 saturated carbocycles. The fourth-order valence-corrected chi connectivity index (χ4v) is 2.71. The van der Waals surface area contributed by atoms with E-state index in [0.717, 1.165) is 0 Å². The highest BCUT2D eigenvalue weighted by Crippen LogP contribution is 2.26. The van der Waals surface area contributed by atoms with E-state index >= 15 is 0 Å². The van der Waals surface area contributed by atoms with Gasteiger partial charge in [-0.15, -0.1) is 0 Å². The average Bonchev–Trinajstić information content (AvgIpc) is 2.69. The third-order valence-electron chi connectivity index (χ3n) is 2.89. The molecule has 3 rings (SSSR count). The molecule has 0 atom stereocenters. The Morgan fingerprint density at radius 3 is 2.60 bits per heavy atom. The number of benzene rings is 2. The first-order valence-corrected chi connectivity index (χ1v) is 7.10. The Hall–Kier alpha value is -1.24. The zero-order valence-corrected chi connectivity index (χ0v) is 12.9. The molecule has 1 aromatic heterocycles. The van der Waals surface area contributed by atoms with Gasteiger partial charge in [0.15, 0.2) is 4.77 Å². The molecule has 0 amide bonds. The predicted octanol–water partition coefficient (Wildman–Crippen LogP) is 5.38. The molecule has 0 unspecified atom stereocenters. The molecule has 0 spiro atoms. The quantitative estimate of drug-likeness (QED) is 0.566. The summed E-state index contributed by atoms with van der Waals surface area (Å²) in [6.07, 6.45) is 0. The van der Waals surface area contributed by atoms with Crippen molar-refractivity contribution in [1.29, 1.82) is 0 Å². The van der Waals surface area contributed by atoms with E-state index in [0.29, 0.717) is 26.0 Å². The molecule has 0 aliphatic carbocycles. The van der Waals surface area contributed by atoms with Crippen LogP contribution in [0.4, 0.5) is 8.78 Å². The summed E-state index contributed by atoms with van der Waals surface area (Å²) in [5.74, 6) is -0.979. The number of nitrogens with zero attached hydrogens (tertiary/aromatic N) is 1. The molecular weight excluding hydrogens is 370 g/mol. The lowest BCUT2D eigenvalue weighted by atomic mass is 10.2. The third-order valence-corrected chi connectivity index (χ3v) is 4.10. The van der Waals surface area contributed by atoms with Crippen molar-refractivity contribution >= 4 is 50.8 Å². The van der Waals surface area contributed by atoms with Gasteiger partial charge in [-0.25, -0.2) is 8.78 Å². The van der Waals surface area contributed by atoms with Crippen LogP contribution >= 0.6 is 39.7 Å². The van der Waals surface area contributed by atoms with E-state index in [1.54, 1.807) is 16.7 Å². The Labute approximate surface area is 131 Å². The Morgan fingerprint density at radius 1 is 1.15 bits per heavy atom. The van der Waals surface area contributed by atoms with Crippen LogP contribution in [0.15, 0.2) is 34.8 Å². The van der Waals surface area contributed by atoms with Crippen LogP contribution in [0.25, 0.3) is 16.7 Å². The van der Waals surface area contributed by atoms with Crippen molar-refractivity contribution < 1.29 is 8.78 Å². The molecule has 2 aromatic carbocycles. The maximum absolute atomic E-state index is 13.6. The predicted molar refractivity (Wildman–Crippen MR) is 81.1 cm³/mol. The van der Waals surface area contributed by atoms with E-state index in [2.05, 4.69) is 20.9 Å². The normalized spacial score (nSPS) is 11.2. The van der Waals surface area contributed by atoms with Crippen LogP contribution in [0.3, 0.4) is 0 Å². The molecule has 20 heavy (non-hydrogen) atoms. The van der Waals surface area contributed by atoms with Gasteiger partial charge >= 0.3 is 0 Å². The fourth-order valence-electron chi connectivity index (χ4n) is 1.98. The summed E-state index contributed by atoms with van der Waals surface area (Å²) in [5, 5.41) is 0.00267. The van der Waals surface area contributed by atoms with E-state index < -0.39 is 11.6 Å². The van der Waals surface area contributed by atoms with Gasteiger partial charge in [0.2, 0.25) is 0 Å². The molecule has 2 nitrogen and oxygen atoms in total. The standard InChI is InChI=1S/C13H6BrClF2N2S/c14-7-2-1-6(3-9(7)16)19-12-5-10(17)8(15)4-11(12)18-13(19)20/h1-5H,(H,18,20). The second-order valence-electron chi connectivity index (χ2n) is 4.15. The molecule has 7 heteroatoms. The number of halogens is 4. The van der Waals surface area contributed by atoms with E-state index in [4.69, 9.17) is 23.8 Å². The zero-order valence-electron chi connectivity index (χ0n) is 9.75. The topological polar surface area (TPSA) is 20.7 Å². The SMILES string of the molecule is Fc1cc2c(cc1Cl)[nH]c(=S)n2-c1ccc(Br)c(F)c1. The number of aromatic nitrogens is 2. The van der Waals surface area contributed by atoms with Crippen LogP contribution in [0.5, 0.6) is 0 Å². The number of hydrogen-bond acceptors (Lipinski definition) is 1. The molecular formula is C13H6BrClF2N2S. The lowest BCUT2D eigenvalue weighted by molar-refractivity contribution is 0.620. The Kier molecular flexibility index (Phi) is 3.40. The number of rotatable bonds is 1. The summed E-state index contributed by atoms with van der Waals surface area (Å²) in [6, 6.07) is 7.29. The van der Waals surface area contributed by atoms with Crippen LogP contribution in [-0.4, -0.2) is 9.55 Å². The van der Waals surface area contributed by atoms with Crippen LogP contribution in [0.1, 0.15) is 0 Å². The minimum atomic E-state index is -0.556. The molecule has 0 fully saturated rings. The summed E-state index contributed by atoms with van der Waals surface area (Å²) in [4.78, 5) is 2.92. The van der Waals surface area contributed by atoms with Crippen molar-refractivity contribution in [2.75, 3.05) is 0 Å². The van der Waals surface area contributed by atoms with Gasteiger partial charge < -0.3 is 4.98 Å². The number of imidazole rings is 1. The summed E-state index contributed by atoms with van der Waals surface area (Å²) in [6.45, 7) is 0. The number of nitrogens with one attached hydrogen (secondary N) is 1. The number of hydrogen-bond donors (Lipinski definition) is 1. The van der Waals surface area contributed by atoms with E-state index in [-0.39, 0.29) is 5.02 Å². The highest BCUT2D eigenvalue weighted by atomic mass is 79.9. The molecule has 0 saturated heterocycles. The van der Waals surface area contributed by atoms with Crippen LogP contribution < -0.4 is 0 Å². The molecule has 0 bridgehead atoms. The minimum Gasteiger partial charge on any atom is -0.330 e. The van der Waals surface area contributed by atoms with Crippen molar-refractivity contribution in [2.45, 2.75) is 0 Å². The van der Waals surface area contributed by atoms with Gasteiger partial charge in [0.25, 0.3) is 0 Å². The van der Waals surface area contributed by atoms with Crippen molar-refractivity contribution in [2.24, 2.45) is 0 Å². The smallest absolute Gasteiger partial charge is 0.182 e. The molecule has 0 radical (unpaired) electrons. The number of H-pyrrole nitrogens is 1. The Morgan fingerprint density at radius 2 is 1.90 bits per heavy atom. The summed E-state index contributed by atoms with van der Waals surface area (Å²) in [7, 11) is 0. The highest BCUT2D eigenvalue weighted by Gasteiger charge is 2.11. The van der Waals surface area contributed by atoms with Gasteiger partial charge in [-0.3, -0.25) is 4.57 Å². The van der Waals surface area contributed by atoms with E-state index in [1.807, 2.05) is 0 Å². The van der Waals surface area contributed by atoms with Crippen molar-refractivity contribution in [3.05, 3.63) is 56.2 Å². The Bertz CT molecular complexity index is 888. The maximum atomic E-state index is 13.6. The van der Waals surface area contributed by atoms with Gasteiger partial charge in [-0.05, 0) is 52.4 Å². The second kappa shape index (κ2) is 4.95. The largest absolute Gasteiger partial charge is 0.330 e. The lowest BCUT2D eigenvalue weighted by Gasteiger charge is -2.06. The van der Waals surface area contributed by atoms with Gasteiger partial charge in [0.1, 0.15) is 11.6 Å². The van der Waals surface area contributed by atoms with Crippen molar-refractivity contribution in [1.82, 2.24) is 9.55 Å². The fraction of sp³-hybridized carbons (Fsp3) is 0. The zero-order chi connectivity index (χ0) is 14.4. The van der Waals surface area contributed by atoms with Crippen LogP contribution in [0.2, 0.25) is 5.02 Å².